The number of hydrogen-bond acceptors (Lipinski definition) is 1. The van der Waals surface area contributed by atoms with Gasteiger partial charge in [-0.05, 0) is 25.5 Å². The SMILES string of the molecule is CCCCC(C)C(NC)c1cccc(F)c1F. The summed E-state index contributed by atoms with van der Waals surface area (Å²) < 4.78 is 26.9. The molecule has 0 amide bonds. The lowest BCUT2D eigenvalue weighted by Crippen LogP contribution is -2.24. The molecule has 96 valence electrons. The van der Waals surface area contributed by atoms with Crippen LogP contribution in [0.5, 0.6) is 0 Å². The van der Waals surface area contributed by atoms with Crippen LogP contribution >= 0.6 is 0 Å². The first-order chi connectivity index (χ1) is 8.11. The Morgan fingerprint density at radius 3 is 2.59 bits per heavy atom. The minimum atomic E-state index is -0.773. The second-order valence-electron chi connectivity index (χ2n) is 4.53. The van der Waals surface area contributed by atoms with Crippen molar-refractivity contribution in [1.82, 2.24) is 5.32 Å². The number of unbranched alkanes of at least 4 members (excludes halogenated alkanes) is 1. The van der Waals surface area contributed by atoms with Crippen molar-refractivity contribution < 1.29 is 8.78 Å². The monoisotopic (exact) mass is 241 g/mol. The predicted molar refractivity (Wildman–Crippen MR) is 66.8 cm³/mol. The molecule has 0 aliphatic heterocycles. The normalized spacial score (nSPS) is 14.6. The quantitative estimate of drug-likeness (QED) is 0.792. The molecule has 1 N–H and O–H groups in total. The Morgan fingerprint density at radius 2 is 2.00 bits per heavy atom. The van der Waals surface area contributed by atoms with E-state index >= 15 is 0 Å². The van der Waals surface area contributed by atoms with Crippen molar-refractivity contribution in [2.24, 2.45) is 5.92 Å². The standard InChI is InChI=1S/C14H21F2N/c1-4-5-7-10(2)14(17-3)11-8-6-9-12(15)13(11)16/h6,8-10,14,17H,4-5,7H2,1-3H3. The summed E-state index contributed by atoms with van der Waals surface area (Å²) in [4.78, 5) is 0. The van der Waals surface area contributed by atoms with Crippen LogP contribution in [0.15, 0.2) is 18.2 Å². The van der Waals surface area contributed by atoms with Crippen molar-refractivity contribution in [1.29, 1.82) is 0 Å². The fourth-order valence-electron chi connectivity index (χ4n) is 2.20. The summed E-state index contributed by atoms with van der Waals surface area (Å²) in [6.07, 6.45) is 3.24. The third-order valence-electron chi connectivity index (χ3n) is 3.21. The third kappa shape index (κ3) is 3.50. The van der Waals surface area contributed by atoms with E-state index in [1.807, 2.05) is 0 Å². The van der Waals surface area contributed by atoms with E-state index in [2.05, 4.69) is 19.2 Å². The van der Waals surface area contributed by atoms with Crippen molar-refractivity contribution in [3.8, 4) is 0 Å². The highest BCUT2D eigenvalue weighted by Crippen LogP contribution is 2.28. The molecule has 2 unspecified atom stereocenters. The molecular weight excluding hydrogens is 220 g/mol. The first kappa shape index (κ1) is 14.1. The van der Waals surface area contributed by atoms with Crippen LogP contribution in [-0.4, -0.2) is 7.05 Å². The van der Waals surface area contributed by atoms with Crippen molar-refractivity contribution in [2.75, 3.05) is 7.05 Å². The van der Waals surface area contributed by atoms with Crippen LogP contribution in [0.3, 0.4) is 0 Å². The van der Waals surface area contributed by atoms with E-state index in [1.165, 1.54) is 0 Å². The summed E-state index contributed by atoms with van der Waals surface area (Å²) in [5, 5.41) is 3.09. The first-order valence-electron chi connectivity index (χ1n) is 6.23. The fraction of sp³-hybridized carbons (Fsp3) is 0.571. The molecule has 0 saturated carbocycles. The van der Waals surface area contributed by atoms with Gasteiger partial charge in [0.15, 0.2) is 11.6 Å². The summed E-state index contributed by atoms with van der Waals surface area (Å²) >= 11 is 0. The summed E-state index contributed by atoms with van der Waals surface area (Å²) in [7, 11) is 1.79. The van der Waals surface area contributed by atoms with Crippen molar-refractivity contribution >= 4 is 0 Å². The van der Waals surface area contributed by atoms with E-state index in [0.717, 1.165) is 25.3 Å². The lowest BCUT2D eigenvalue weighted by atomic mass is 9.90. The molecule has 2 atom stereocenters. The molecule has 0 heterocycles. The summed E-state index contributed by atoms with van der Waals surface area (Å²) in [5.41, 5.74) is 0.427. The summed E-state index contributed by atoms with van der Waals surface area (Å²) in [6, 6.07) is 4.24. The average molecular weight is 241 g/mol. The number of halogens is 2. The van der Waals surface area contributed by atoms with Crippen LogP contribution < -0.4 is 5.32 Å². The van der Waals surface area contributed by atoms with Gasteiger partial charge in [-0.1, -0.05) is 38.8 Å². The fourth-order valence-corrected chi connectivity index (χ4v) is 2.20. The molecule has 3 heteroatoms. The number of hydrogen-bond donors (Lipinski definition) is 1. The largest absolute Gasteiger partial charge is 0.313 e. The van der Waals surface area contributed by atoms with Gasteiger partial charge in [-0.2, -0.15) is 0 Å². The zero-order valence-corrected chi connectivity index (χ0v) is 10.8. The molecule has 0 aromatic heterocycles. The van der Waals surface area contributed by atoms with Crippen LogP contribution in [0.25, 0.3) is 0 Å². The Hall–Kier alpha value is -0.960. The van der Waals surface area contributed by atoms with Gasteiger partial charge in [-0.15, -0.1) is 0 Å². The van der Waals surface area contributed by atoms with Crippen molar-refractivity contribution in [3.63, 3.8) is 0 Å². The van der Waals surface area contributed by atoms with E-state index in [1.54, 1.807) is 19.2 Å². The molecule has 0 aliphatic rings. The Balaban J connectivity index is 2.89. The number of nitrogens with one attached hydrogen (secondary N) is 1. The topological polar surface area (TPSA) is 12.0 Å². The highest BCUT2D eigenvalue weighted by Gasteiger charge is 2.21. The van der Waals surface area contributed by atoms with Gasteiger partial charge in [0.1, 0.15) is 0 Å². The zero-order chi connectivity index (χ0) is 12.8. The third-order valence-corrected chi connectivity index (χ3v) is 3.21. The molecule has 0 saturated heterocycles. The molecule has 17 heavy (non-hydrogen) atoms. The van der Waals surface area contributed by atoms with Crippen molar-refractivity contribution in [3.05, 3.63) is 35.4 Å². The Bertz CT molecular complexity index is 352. The molecule has 0 radical (unpaired) electrons. The first-order valence-corrected chi connectivity index (χ1v) is 6.23. The van der Waals surface area contributed by atoms with Crippen LogP contribution in [0, 0.1) is 17.6 Å². The molecule has 0 aliphatic carbocycles. The maximum Gasteiger partial charge on any atom is 0.163 e. The van der Waals surface area contributed by atoms with Crippen molar-refractivity contribution in [2.45, 2.75) is 39.2 Å². The van der Waals surface area contributed by atoms with Crippen LogP contribution in [-0.2, 0) is 0 Å². The van der Waals surface area contributed by atoms with Gasteiger partial charge < -0.3 is 5.32 Å². The predicted octanol–water partition coefficient (Wildman–Crippen LogP) is 4.05. The molecule has 1 nitrogen and oxygen atoms in total. The smallest absolute Gasteiger partial charge is 0.163 e. The van der Waals surface area contributed by atoms with Gasteiger partial charge in [-0.25, -0.2) is 8.78 Å². The second-order valence-corrected chi connectivity index (χ2v) is 4.53. The molecule has 1 aromatic rings. The highest BCUT2D eigenvalue weighted by molar-refractivity contribution is 5.23. The highest BCUT2D eigenvalue weighted by atomic mass is 19.2. The van der Waals surface area contributed by atoms with E-state index < -0.39 is 11.6 Å². The summed E-state index contributed by atoms with van der Waals surface area (Å²) in [6.45, 7) is 4.20. The maximum atomic E-state index is 13.7. The molecule has 0 spiro atoms. The van der Waals surface area contributed by atoms with Crippen LogP contribution in [0.1, 0.15) is 44.7 Å². The van der Waals surface area contributed by atoms with Gasteiger partial charge >= 0.3 is 0 Å². The lowest BCUT2D eigenvalue weighted by Gasteiger charge is -2.24. The van der Waals surface area contributed by atoms with E-state index in [0.29, 0.717) is 5.56 Å². The zero-order valence-electron chi connectivity index (χ0n) is 10.8. The van der Waals surface area contributed by atoms with Crippen LogP contribution in [0.4, 0.5) is 8.78 Å². The molecule has 1 rings (SSSR count). The second kappa shape index (κ2) is 6.70. The van der Waals surface area contributed by atoms with Gasteiger partial charge in [-0.3, -0.25) is 0 Å². The van der Waals surface area contributed by atoms with Gasteiger partial charge in [0.05, 0.1) is 0 Å². The lowest BCUT2D eigenvalue weighted by molar-refractivity contribution is 0.360. The summed E-state index contributed by atoms with van der Waals surface area (Å²) in [5.74, 6) is -1.21. The van der Waals surface area contributed by atoms with E-state index in [9.17, 15) is 8.78 Å². The van der Waals surface area contributed by atoms with Gasteiger partial charge in [0, 0.05) is 11.6 Å². The maximum absolute atomic E-state index is 13.7. The van der Waals surface area contributed by atoms with Gasteiger partial charge in [0.2, 0.25) is 0 Å². The minimum Gasteiger partial charge on any atom is -0.313 e. The molecule has 0 bridgehead atoms. The molecule has 1 aromatic carbocycles. The molecule has 0 fully saturated rings. The number of benzene rings is 1. The number of rotatable bonds is 6. The van der Waals surface area contributed by atoms with E-state index in [4.69, 9.17) is 0 Å². The average Bonchev–Trinajstić information content (AvgIpc) is 2.32. The van der Waals surface area contributed by atoms with E-state index in [-0.39, 0.29) is 12.0 Å². The molecular formula is C14H21F2N. The van der Waals surface area contributed by atoms with Gasteiger partial charge in [0.25, 0.3) is 0 Å². The Morgan fingerprint density at radius 1 is 1.29 bits per heavy atom. The Kier molecular flexibility index (Phi) is 5.56. The Labute approximate surface area is 102 Å². The minimum absolute atomic E-state index is 0.128. The van der Waals surface area contributed by atoms with Crippen LogP contribution in [0.2, 0.25) is 0 Å².